The van der Waals surface area contributed by atoms with Crippen molar-refractivity contribution in [1.29, 1.82) is 0 Å². The summed E-state index contributed by atoms with van der Waals surface area (Å²) >= 11 is 0. The van der Waals surface area contributed by atoms with E-state index in [9.17, 15) is 9.59 Å². The summed E-state index contributed by atoms with van der Waals surface area (Å²) in [6.45, 7) is 9.66. The van der Waals surface area contributed by atoms with Gasteiger partial charge in [-0.25, -0.2) is 0 Å². The summed E-state index contributed by atoms with van der Waals surface area (Å²) in [7, 11) is 0. The Kier molecular flexibility index (Phi) is 6.06. The average Bonchev–Trinajstić information content (AvgIpc) is 3.04. The predicted molar refractivity (Wildman–Crippen MR) is 114 cm³/mol. The van der Waals surface area contributed by atoms with Crippen molar-refractivity contribution in [1.82, 2.24) is 0 Å². The van der Waals surface area contributed by atoms with Crippen LogP contribution in [0.5, 0.6) is 0 Å². The fourth-order valence-electron chi connectivity index (χ4n) is 3.34. The average molecular weight is 393 g/mol. The lowest BCUT2D eigenvalue weighted by atomic mass is 9.98. The number of hydrogen-bond donors (Lipinski definition) is 1. The summed E-state index contributed by atoms with van der Waals surface area (Å²) in [6, 6.07) is 11.7. The number of fused-ring (bicyclic) bond motifs is 1. The monoisotopic (exact) mass is 393 g/mol. The lowest BCUT2D eigenvalue weighted by molar-refractivity contribution is -0.152. The molecule has 0 saturated heterocycles. The zero-order valence-corrected chi connectivity index (χ0v) is 17.5. The normalized spacial score (nSPS) is 12.2. The van der Waals surface area contributed by atoms with Crippen molar-refractivity contribution in [3.8, 4) is 0 Å². The number of carbonyl (C=O) groups is 2. The van der Waals surface area contributed by atoms with E-state index in [4.69, 9.17) is 9.15 Å². The van der Waals surface area contributed by atoms with Gasteiger partial charge in [-0.3, -0.25) is 9.59 Å². The maximum absolute atomic E-state index is 12.6. The zero-order valence-electron chi connectivity index (χ0n) is 17.5. The van der Waals surface area contributed by atoms with Gasteiger partial charge in [-0.1, -0.05) is 44.2 Å². The summed E-state index contributed by atoms with van der Waals surface area (Å²) in [5.41, 5.74) is 5.38. The summed E-state index contributed by atoms with van der Waals surface area (Å²) in [5, 5.41) is 3.81. The number of benzene rings is 2. The van der Waals surface area contributed by atoms with Crippen LogP contribution in [0.1, 0.15) is 48.9 Å². The van der Waals surface area contributed by atoms with Crippen molar-refractivity contribution >= 4 is 28.5 Å². The SMILES string of the molecule is Cc1ccc2c(CC(=O)O[C@@H](C)C(=O)Nc3c(C)cccc3C(C)C)coc2c1. The molecule has 3 rings (SSSR count). The Morgan fingerprint density at radius 2 is 1.86 bits per heavy atom. The van der Waals surface area contributed by atoms with Crippen LogP contribution >= 0.6 is 0 Å². The lowest BCUT2D eigenvalue weighted by Crippen LogP contribution is -2.31. The first-order valence-electron chi connectivity index (χ1n) is 9.83. The molecule has 0 aliphatic carbocycles. The van der Waals surface area contributed by atoms with E-state index in [2.05, 4.69) is 19.2 Å². The number of anilines is 1. The van der Waals surface area contributed by atoms with Crippen LogP contribution in [-0.2, 0) is 20.7 Å². The molecule has 0 aliphatic rings. The molecule has 0 aliphatic heterocycles. The Hall–Kier alpha value is -3.08. The second-order valence-electron chi connectivity index (χ2n) is 7.75. The number of amides is 1. The molecule has 0 radical (unpaired) electrons. The van der Waals surface area contributed by atoms with Gasteiger partial charge in [0.1, 0.15) is 5.58 Å². The minimum atomic E-state index is -0.900. The van der Waals surface area contributed by atoms with Gasteiger partial charge >= 0.3 is 5.97 Å². The second-order valence-corrected chi connectivity index (χ2v) is 7.75. The number of esters is 1. The van der Waals surface area contributed by atoms with E-state index in [0.717, 1.165) is 38.9 Å². The van der Waals surface area contributed by atoms with Crippen molar-refractivity contribution in [3.63, 3.8) is 0 Å². The minimum absolute atomic E-state index is 0.0509. The first-order chi connectivity index (χ1) is 13.8. The number of rotatable bonds is 6. The Morgan fingerprint density at radius 1 is 1.10 bits per heavy atom. The van der Waals surface area contributed by atoms with Crippen molar-refractivity contribution in [2.75, 3.05) is 5.32 Å². The van der Waals surface area contributed by atoms with Gasteiger partial charge in [-0.2, -0.15) is 0 Å². The third-order valence-electron chi connectivity index (χ3n) is 5.00. The van der Waals surface area contributed by atoms with Crippen LogP contribution in [-0.4, -0.2) is 18.0 Å². The quantitative estimate of drug-likeness (QED) is 0.578. The largest absolute Gasteiger partial charge is 0.464 e. The molecule has 1 amide bonds. The van der Waals surface area contributed by atoms with Gasteiger partial charge in [0.15, 0.2) is 6.10 Å². The van der Waals surface area contributed by atoms with Gasteiger partial charge in [0.2, 0.25) is 0 Å². The van der Waals surface area contributed by atoms with E-state index >= 15 is 0 Å². The molecule has 5 nitrogen and oxygen atoms in total. The molecule has 0 fully saturated rings. The van der Waals surface area contributed by atoms with E-state index < -0.39 is 12.1 Å². The highest BCUT2D eigenvalue weighted by atomic mass is 16.5. The third-order valence-corrected chi connectivity index (χ3v) is 5.00. The second kappa shape index (κ2) is 8.52. The van der Waals surface area contributed by atoms with Crippen molar-refractivity contribution < 1.29 is 18.7 Å². The van der Waals surface area contributed by atoms with Crippen molar-refractivity contribution in [2.24, 2.45) is 0 Å². The molecule has 29 heavy (non-hydrogen) atoms. The summed E-state index contributed by atoms with van der Waals surface area (Å²) in [6.07, 6.45) is 0.718. The molecule has 152 valence electrons. The number of nitrogens with one attached hydrogen (secondary N) is 1. The lowest BCUT2D eigenvalue weighted by Gasteiger charge is -2.19. The highest BCUT2D eigenvalue weighted by Crippen LogP contribution is 2.28. The van der Waals surface area contributed by atoms with Crippen LogP contribution in [0.4, 0.5) is 5.69 Å². The van der Waals surface area contributed by atoms with E-state index in [1.807, 2.05) is 50.2 Å². The smallest absolute Gasteiger partial charge is 0.311 e. The maximum atomic E-state index is 12.6. The van der Waals surface area contributed by atoms with E-state index in [-0.39, 0.29) is 18.2 Å². The van der Waals surface area contributed by atoms with E-state index in [0.29, 0.717) is 0 Å². The molecule has 0 unspecified atom stereocenters. The maximum Gasteiger partial charge on any atom is 0.311 e. The molecule has 1 heterocycles. The number of furan rings is 1. The van der Waals surface area contributed by atoms with Gasteiger partial charge in [-0.15, -0.1) is 0 Å². The molecular weight excluding hydrogens is 366 g/mol. The zero-order chi connectivity index (χ0) is 21.1. The van der Waals surface area contributed by atoms with Gasteiger partial charge in [-0.05, 0) is 49.4 Å². The van der Waals surface area contributed by atoms with Crippen LogP contribution in [0, 0.1) is 13.8 Å². The van der Waals surface area contributed by atoms with Crippen LogP contribution in [0.2, 0.25) is 0 Å². The fourth-order valence-corrected chi connectivity index (χ4v) is 3.34. The minimum Gasteiger partial charge on any atom is -0.464 e. The Bertz CT molecular complexity index is 1050. The molecule has 1 N–H and O–H groups in total. The molecule has 1 aromatic heterocycles. The molecule has 3 aromatic rings. The predicted octanol–water partition coefficient (Wildman–Crippen LogP) is 5.29. The molecular formula is C24H27NO4. The molecule has 5 heteroatoms. The Morgan fingerprint density at radius 3 is 2.59 bits per heavy atom. The molecule has 0 spiro atoms. The van der Waals surface area contributed by atoms with Gasteiger partial charge in [0.25, 0.3) is 5.91 Å². The summed E-state index contributed by atoms with van der Waals surface area (Å²) < 4.78 is 10.9. The highest BCUT2D eigenvalue weighted by molar-refractivity contribution is 5.96. The fraction of sp³-hybridized carbons (Fsp3) is 0.333. The molecule has 0 saturated carbocycles. The third kappa shape index (κ3) is 4.67. The molecule has 2 aromatic carbocycles. The van der Waals surface area contributed by atoms with Gasteiger partial charge in [0, 0.05) is 16.6 Å². The Balaban J connectivity index is 1.66. The van der Waals surface area contributed by atoms with Crippen LogP contribution < -0.4 is 5.32 Å². The highest BCUT2D eigenvalue weighted by Gasteiger charge is 2.21. The first kappa shape index (κ1) is 20.6. The number of hydrogen-bond acceptors (Lipinski definition) is 4. The van der Waals surface area contributed by atoms with Crippen molar-refractivity contribution in [3.05, 3.63) is 64.9 Å². The Labute approximate surface area is 171 Å². The number of ether oxygens (including phenoxy) is 1. The number of carbonyl (C=O) groups excluding carboxylic acids is 2. The number of aryl methyl sites for hydroxylation is 2. The molecule has 1 atom stereocenters. The molecule has 0 bridgehead atoms. The van der Waals surface area contributed by atoms with E-state index in [1.54, 1.807) is 13.2 Å². The van der Waals surface area contributed by atoms with Gasteiger partial charge < -0.3 is 14.5 Å². The van der Waals surface area contributed by atoms with E-state index in [1.165, 1.54) is 0 Å². The standard InChI is InChI=1S/C24H27NO4/c1-14(2)19-8-6-7-16(4)23(19)25-24(27)17(5)29-22(26)12-18-13-28-21-11-15(3)9-10-20(18)21/h6-11,13-14,17H,12H2,1-5H3,(H,25,27)/t17-/m0/s1. The van der Waals surface area contributed by atoms with Gasteiger partial charge in [0.05, 0.1) is 12.7 Å². The number of para-hydroxylation sites is 1. The van der Waals surface area contributed by atoms with Crippen molar-refractivity contribution in [2.45, 2.75) is 53.1 Å². The summed E-state index contributed by atoms with van der Waals surface area (Å²) in [4.78, 5) is 25.0. The van der Waals surface area contributed by atoms with Crippen LogP contribution in [0.25, 0.3) is 11.0 Å². The summed E-state index contributed by atoms with van der Waals surface area (Å²) in [5.74, 6) is -0.548. The van der Waals surface area contributed by atoms with Crippen LogP contribution in [0.3, 0.4) is 0 Å². The van der Waals surface area contributed by atoms with Crippen LogP contribution in [0.15, 0.2) is 47.1 Å². The first-order valence-corrected chi connectivity index (χ1v) is 9.83. The topological polar surface area (TPSA) is 68.5 Å².